The van der Waals surface area contributed by atoms with Crippen LogP contribution in [-0.4, -0.2) is 13.5 Å². The van der Waals surface area contributed by atoms with E-state index in [-0.39, 0.29) is 23.1 Å². The second-order valence-electron chi connectivity index (χ2n) is 3.61. The highest BCUT2D eigenvalue weighted by Crippen LogP contribution is 2.23. The molecule has 0 spiro atoms. The molecule has 0 aliphatic heterocycles. The van der Waals surface area contributed by atoms with Crippen LogP contribution in [0.15, 0.2) is 39.8 Å². The molecule has 1 aromatic heterocycles. The van der Waals surface area contributed by atoms with Crippen molar-refractivity contribution in [3.05, 3.63) is 45.5 Å². The molecule has 2 N–H and O–H groups in total. The van der Waals surface area contributed by atoms with Gasteiger partial charge in [-0.2, -0.15) is 8.42 Å². The number of sulfonamides is 1. The highest BCUT2D eigenvalue weighted by Gasteiger charge is 2.20. The third-order valence-corrected chi connectivity index (χ3v) is 4.36. The molecule has 5 nitrogen and oxygen atoms in total. The van der Waals surface area contributed by atoms with E-state index in [0.29, 0.717) is 3.57 Å². The number of aliphatic hydroxyl groups is 1. The lowest BCUT2D eigenvalue weighted by molar-refractivity contribution is 0.236. The largest absolute Gasteiger partial charge is 0.445 e. The summed E-state index contributed by atoms with van der Waals surface area (Å²) in [6.45, 7) is -0.385. The second-order valence-corrected chi connectivity index (χ2v) is 6.38. The monoisotopic (exact) mass is 397 g/mol. The lowest BCUT2D eigenvalue weighted by Gasteiger charge is -2.07. The first-order valence-corrected chi connectivity index (χ1v) is 7.66. The average molecular weight is 397 g/mol. The van der Waals surface area contributed by atoms with Gasteiger partial charge in [-0.25, -0.2) is 4.39 Å². The number of benzene rings is 1. The van der Waals surface area contributed by atoms with E-state index >= 15 is 0 Å². The van der Waals surface area contributed by atoms with Gasteiger partial charge in [-0.15, -0.1) is 0 Å². The summed E-state index contributed by atoms with van der Waals surface area (Å²) in [5, 5.41) is 8.52. The summed E-state index contributed by atoms with van der Waals surface area (Å²) in [6.07, 6.45) is 0. The molecule has 1 aromatic carbocycles. The predicted octanol–water partition coefficient (Wildman–Crippen LogP) is 2.32. The van der Waals surface area contributed by atoms with Gasteiger partial charge in [0.2, 0.25) is 5.09 Å². The van der Waals surface area contributed by atoms with Gasteiger partial charge in [-0.3, -0.25) is 4.72 Å². The molecule has 0 atom stereocenters. The zero-order valence-corrected chi connectivity index (χ0v) is 12.4. The molecule has 19 heavy (non-hydrogen) atoms. The van der Waals surface area contributed by atoms with Crippen molar-refractivity contribution in [3.63, 3.8) is 0 Å². The van der Waals surface area contributed by atoms with Crippen LogP contribution < -0.4 is 4.72 Å². The van der Waals surface area contributed by atoms with E-state index < -0.39 is 15.8 Å². The van der Waals surface area contributed by atoms with Crippen molar-refractivity contribution < 1.29 is 22.3 Å². The zero-order chi connectivity index (χ0) is 14.0. The first kappa shape index (κ1) is 14.3. The molecule has 0 fully saturated rings. The molecule has 0 aliphatic rings. The van der Waals surface area contributed by atoms with E-state index in [9.17, 15) is 12.8 Å². The maximum Gasteiger partial charge on any atom is 0.295 e. The minimum absolute atomic E-state index is 0.147. The minimum Gasteiger partial charge on any atom is -0.445 e. The standard InChI is InChI=1S/C11H9FINO4S/c12-7-1-3-10(9(13)5-7)14-19(16,17)11-4-2-8(6-15)18-11/h1-5,14-15H,6H2. The number of hydrogen-bond donors (Lipinski definition) is 2. The van der Waals surface area contributed by atoms with Crippen LogP contribution in [0.3, 0.4) is 0 Å². The van der Waals surface area contributed by atoms with Crippen LogP contribution in [-0.2, 0) is 16.6 Å². The van der Waals surface area contributed by atoms with E-state index in [1.54, 1.807) is 0 Å². The smallest absolute Gasteiger partial charge is 0.295 e. The number of aliphatic hydroxyl groups excluding tert-OH is 1. The van der Waals surface area contributed by atoms with Gasteiger partial charge in [-0.1, -0.05) is 0 Å². The molecule has 0 bridgehead atoms. The van der Waals surface area contributed by atoms with Gasteiger partial charge in [0, 0.05) is 3.57 Å². The van der Waals surface area contributed by atoms with E-state index in [0.717, 1.165) is 6.07 Å². The van der Waals surface area contributed by atoms with Gasteiger partial charge in [0.05, 0.1) is 5.69 Å². The van der Waals surface area contributed by atoms with Crippen molar-refractivity contribution in [3.8, 4) is 0 Å². The molecule has 0 amide bonds. The Hall–Kier alpha value is -1.13. The molecule has 2 aromatic rings. The Labute approximate surface area is 122 Å². The number of hydrogen-bond acceptors (Lipinski definition) is 4. The number of furan rings is 1. The summed E-state index contributed by atoms with van der Waals surface area (Å²) < 4.78 is 44.6. The summed E-state index contributed by atoms with van der Waals surface area (Å²) >= 11 is 1.82. The highest BCUT2D eigenvalue weighted by atomic mass is 127. The molecule has 102 valence electrons. The van der Waals surface area contributed by atoms with Gasteiger partial charge >= 0.3 is 0 Å². The van der Waals surface area contributed by atoms with Crippen LogP contribution in [0.25, 0.3) is 0 Å². The molecular weight excluding hydrogens is 388 g/mol. The van der Waals surface area contributed by atoms with Gasteiger partial charge < -0.3 is 9.52 Å². The first-order valence-electron chi connectivity index (χ1n) is 5.10. The Bertz CT molecular complexity index is 698. The molecule has 8 heteroatoms. The van der Waals surface area contributed by atoms with Crippen molar-refractivity contribution in [1.82, 2.24) is 0 Å². The quantitative estimate of drug-likeness (QED) is 0.777. The maximum absolute atomic E-state index is 12.9. The van der Waals surface area contributed by atoms with Crippen molar-refractivity contribution in [2.24, 2.45) is 0 Å². The minimum atomic E-state index is -3.89. The van der Waals surface area contributed by atoms with Crippen molar-refractivity contribution in [1.29, 1.82) is 0 Å². The molecule has 0 saturated carbocycles. The average Bonchev–Trinajstić information content (AvgIpc) is 2.82. The predicted molar refractivity (Wildman–Crippen MR) is 74.6 cm³/mol. The van der Waals surface area contributed by atoms with E-state index in [1.807, 2.05) is 22.6 Å². The molecule has 2 rings (SSSR count). The summed E-state index contributed by atoms with van der Waals surface area (Å²) in [7, 11) is -3.89. The van der Waals surface area contributed by atoms with Gasteiger partial charge in [0.15, 0.2) is 0 Å². The van der Waals surface area contributed by atoms with Crippen LogP contribution >= 0.6 is 22.6 Å². The first-order chi connectivity index (χ1) is 8.92. The van der Waals surface area contributed by atoms with Crippen LogP contribution in [0.2, 0.25) is 0 Å². The zero-order valence-electron chi connectivity index (χ0n) is 9.43. The second kappa shape index (κ2) is 5.47. The third kappa shape index (κ3) is 3.25. The normalized spacial score (nSPS) is 11.5. The lowest BCUT2D eigenvalue weighted by atomic mass is 10.3. The van der Waals surface area contributed by atoms with Crippen LogP contribution in [0.1, 0.15) is 5.76 Å². The number of nitrogens with one attached hydrogen (secondary N) is 1. The Balaban J connectivity index is 2.30. The number of anilines is 1. The molecule has 0 unspecified atom stereocenters. The van der Waals surface area contributed by atoms with Gasteiger partial charge in [0.1, 0.15) is 18.2 Å². The summed E-state index contributed by atoms with van der Waals surface area (Å²) in [4.78, 5) is 0. The SMILES string of the molecule is O=S(=O)(Nc1ccc(F)cc1I)c1ccc(CO)o1. The Kier molecular flexibility index (Phi) is 4.11. The maximum atomic E-state index is 12.9. The topological polar surface area (TPSA) is 79.5 Å². The summed E-state index contributed by atoms with van der Waals surface area (Å²) in [5.74, 6) is -0.304. The van der Waals surface area contributed by atoms with Crippen molar-refractivity contribution in [2.45, 2.75) is 11.7 Å². The fraction of sp³-hybridized carbons (Fsp3) is 0.0909. The lowest BCUT2D eigenvalue weighted by Crippen LogP contribution is -2.13. The fourth-order valence-corrected chi connectivity index (χ4v) is 3.18. The Morgan fingerprint density at radius 2 is 2.05 bits per heavy atom. The summed E-state index contributed by atoms with van der Waals surface area (Å²) in [5.41, 5.74) is 0.254. The van der Waals surface area contributed by atoms with Crippen molar-refractivity contribution >= 4 is 38.3 Å². The summed E-state index contributed by atoms with van der Waals surface area (Å²) in [6, 6.07) is 6.29. The van der Waals surface area contributed by atoms with E-state index in [1.165, 1.54) is 24.3 Å². The number of halogens is 2. The van der Waals surface area contributed by atoms with Crippen LogP contribution in [0.4, 0.5) is 10.1 Å². The molecule has 0 aliphatic carbocycles. The molecule has 0 radical (unpaired) electrons. The highest BCUT2D eigenvalue weighted by molar-refractivity contribution is 14.1. The molecule has 0 saturated heterocycles. The Morgan fingerprint density at radius 3 is 2.63 bits per heavy atom. The van der Waals surface area contributed by atoms with E-state index in [2.05, 4.69) is 4.72 Å². The third-order valence-electron chi connectivity index (χ3n) is 2.23. The van der Waals surface area contributed by atoms with Crippen LogP contribution in [0, 0.1) is 9.39 Å². The molecule has 1 heterocycles. The Morgan fingerprint density at radius 1 is 1.32 bits per heavy atom. The van der Waals surface area contributed by atoms with Crippen molar-refractivity contribution in [2.75, 3.05) is 4.72 Å². The van der Waals surface area contributed by atoms with E-state index in [4.69, 9.17) is 9.52 Å². The molecular formula is C11H9FINO4S. The fourth-order valence-electron chi connectivity index (χ4n) is 1.35. The number of rotatable bonds is 4. The van der Waals surface area contributed by atoms with Gasteiger partial charge in [0.25, 0.3) is 10.0 Å². The van der Waals surface area contributed by atoms with Gasteiger partial charge in [-0.05, 0) is 52.9 Å². The van der Waals surface area contributed by atoms with Crippen LogP contribution in [0.5, 0.6) is 0 Å².